The van der Waals surface area contributed by atoms with E-state index in [0.717, 1.165) is 37.7 Å². The summed E-state index contributed by atoms with van der Waals surface area (Å²) in [6.45, 7) is 2.26. The molecule has 2 N–H and O–H groups in total. The Bertz CT molecular complexity index is 501. The number of aryl methyl sites for hydroxylation is 1. The van der Waals surface area contributed by atoms with E-state index < -0.39 is 11.4 Å². The molecule has 1 fully saturated rings. The summed E-state index contributed by atoms with van der Waals surface area (Å²) in [5, 5.41) is 14.4. The van der Waals surface area contributed by atoms with Crippen LogP contribution >= 0.6 is 11.3 Å². The predicted octanol–water partition coefficient (Wildman–Crippen LogP) is 3.47. The molecule has 5 heteroatoms. The quantitative estimate of drug-likeness (QED) is 0.819. The van der Waals surface area contributed by atoms with Crippen LogP contribution in [-0.2, 0) is 11.2 Å². The molecule has 1 aromatic heterocycles. The van der Waals surface area contributed by atoms with Crippen molar-refractivity contribution in [3.63, 3.8) is 0 Å². The molecule has 1 aliphatic rings. The van der Waals surface area contributed by atoms with Gasteiger partial charge in [0, 0.05) is 6.54 Å². The molecule has 1 saturated carbocycles. The highest BCUT2D eigenvalue weighted by Crippen LogP contribution is 2.35. The fraction of sp³-hybridized carbons (Fsp3) is 0.625. The van der Waals surface area contributed by atoms with Crippen LogP contribution < -0.4 is 5.32 Å². The predicted molar refractivity (Wildman–Crippen MR) is 83.8 cm³/mol. The Labute approximate surface area is 129 Å². The summed E-state index contributed by atoms with van der Waals surface area (Å²) >= 11 is 1.42. The molecule has 1 aliphatic carbocycles. The van der Waals surface area contributed by atoms with Crippen LogP contribution in [0.2, 0.25) is 0 Å². The van der Waals surface area contributed by atoms with Crippen molar-refractivity contribution in [1.29, 1.82) is 0 Å². The van der Waals surface area contributed by atoms with E-state index in [1.165, 1.54) is 11.3 Å². The maximum Gasteiger partial charge on any atom is 0.311 e. The summed E-state index contributed by atoms with van der Waals surface area (Å²) in [6.07, 6.45) is 6.18. The number of rotatable bonds is 5. The van der Waals surface area contributed by atoms with Crippen molar-refractivity contribution < 1.29 is 14.7 Å². The van der Waals surface area contributed by atoms with E-state index >= 15 is 0 Å². The zero-order chi connectivity index (χ0) is 15.3. The highest BCUT2D eigenvalue weighted by molar-refractivity contribution is 7.12. The minimum absolute atomic E-state index is 0.133. The van der Waals surface area contributed by atoms with E-state index in [1.807, 2.05) is 18.4 Å². The molecule has 0 spiro atoms. The van der Waals surface area contributed by atoms with Crippen LogP contribution in [0.15, 0.2) is 11.4 Å². The van der Waals surface area contributed by atoms with Crippen LogP contribution in [0, 0.1) is 5.41 Å². The lowest BCUT2D eigenvalue weighted by molar-refractivity contribution is -0.149. The number of amides is 1. The van der Waals surface area contributed by atoms with Gasteiger partial charge in [0.15, 0.2) is 0 Å². The first-order valence-corrected chi connectivity index (χ1v) is 8.55. The summed E-state index contributed by atoms with van der Waals surface area (Å²) < 4.78 is 0. The number of carboxylic acid groups (broad SMARTS) is 1. The third kappa shape index (κ3) is 3.64. The molecule has 0 bridgehead atoms. The molecule has 116 valence electrons. The minimum Gasteiger partial charge on any atom is -0.481 e. The van der Waals surface area contributed by atoms with Gasteiger partial charge in [-0.15, -0.1) is 11.3 Å². The highest BCUT2D eigenvalue weighted by atomic mass is 32.1. The van der Waals surface area contributed by atoms with Gasteiger partial charge in [-0.25, -0.2) is 0 Å². The van der Waals surface area contributed by atoms with Gasteiger partial charge in [-0.2, -0.15) is 0 Å². The Balaban J connectivity index is 2.05. The Hall–Kier alpha value is -1.36. The third-order valence-electron chi connectivity index (χ3n) is 4.44. The van der Waals surface area contributed by atoms with Gasteiger partial charge in [-0.05, 0) is 36.3 Å². The monoisotopic (exact) mass is 309 g/mol. The molecule has 0 saturated heterocycles. The SMILES string of the molecule is CCc1ccsc1C(=O)NCC1(C(=O)O)CCCCCC1. The number of carbonyl (C=O) groups is 2. The van der Waals surface area contributed by atoms with E-state index in [9.17, 15) is 14.7 Å². The molecule has 0 aliphatic heterocycles. The smallest absolute Gasteiger partial charge is 0.311 e. The van der Waals surface area contributed by atoms with Crippen molar-refractivity contribution in [2.45, 2.75) is 51.9 Å². The number of carbonyl (C=O) groups excluding carboxylic acids is 1. The fourth-order valence-electron chi connectivity index (χ4n) is 3.01. The first-order valence-electron chi connectivity index (χ1n) is 7.67. The van der Waals surface area contributed by atoms with Crippen molar-refractivity contribution >= 4 is 23.2 Å². The van der Waals surface area contributed by atoms with Gasteiger partial charge in [-0.3, -0.25) is 9.59 Å². The Morgan fingerprint density at radius 1 is 1.29 bits per heavy atom. The molecule has 1 heterocycles. The van der Waals surface area contributed by atoms with Gasteiger partial charge in [-0.1, -0.05) is 32.6 Å². The minimum atomic E-state index is -0.782. The molecule has 0 atom stereocenters. The fourth-order valence-corrected chi connectivity index (χ4v) is 3.93. The van der Waals surface area contributed by atoms with Crippen molar-refractivity contribution in [2.24, 2.45) is 5.41 Å². The summed E-state index contributed by atoms with van der Waals surface area (Å²) in [5.41, 5.74) is 0.248. The summed E-state index contributed by atoms with van der Waals surface area (Å²) in [5.74, 6) is -0.904. The summed E-state index contributed by atoms with van der Waals surface area (Å²) in [4.78, 5) is 24.7. The van der Waals surface area contributed by atoms with Gasteiger partial charge in [0.1, 0.15) is 0 Å². The number of thiophene rings is 1. The van der Waals surface area contributed by atoms with E-state index in [4.69, 9.17) is 0 Å². The molecule has 2 rings (SSSR count). The van der Waals surface area contributed by atoms with Gasteiger partial charge in [0.05, 0.1) is 10.3 Å². The number of nitrogens with one attached hydrogen (secondary N) is 1. The van der Waals surface area contributed by atoms with Crippen molar-refractivity contribution in [2.75, 3.05) is 6.54 Å². The maximum absolute atomic E-state index is 12.3. The van der Waals surface area contributed by atoms with Crippen LogP contribution in [0.4, 0.5) is 0 Å². The van der Waals surface area contributed by atoms with E-state index in [2.05, 4.69) is 5.32 Å². The topological polar surface area (TPSA) is 66.4 Å². The average Bonchev–Trinajstić information content (AvgIpc) is 2.82. The second-order valence-corrected chi connectivity index (χ2v) is 6.73. The third-order valence-corrected chi connectivity index (χ3v) is 5.39. The van der Waals surface area contributed by atoms with E-state index in [-0.39, 0.29) is 12.5 Å². The van der Waals surface area contributed by atoms with Crippen molar-refractivity contribution in [3.8, 4) is 0 Å². The number of hydrogen-bond acceptors (Lipinski definition) is 3. The van der Waals surface area contributed by atoms with Crippen molar-refractivity contribution in [1.82, 2.24) is 5.32 Å². The largest absolute Gasteiger partial charge is 0.481 e. The summed E-state index contributed by atoms with van der Waals surface area (Å²) in [7, 11) is 0. The van der Waals surface area contributed by atoms with Crippen LogP contribution in [0.1, 0.15) is 60.7 Å². The second kappa shape index (κ2) is 7.07. The number of hydrogen-bond donors (Lipinski definition) is 2. The molecule has 0 radical (unpaired) electrons. The second-order valence-electron chi connectivity index (χ2n) is 5.81. The molecule has 4 nitrogen and oxygen atoms in total. The van der Waals surface area contributed by atoms with Crippen LogP contribution in [0.3, 0.4) is 0 Å². The van der Waals surface area contributed by atoms with Gasteiger partial charge in [0.25, 0.3) is 5.91 Å². The Morgan fingerprint density at radius 2 is 1.95 bits per heavy atom. The molecule has 0 aromatic carbocycles. The zero-order valence-electron chi connectivity index (χ0n) is 12.5. The first-order chi connectivity index (χ1) is 10.1. The van der Waals surface area contributed by atoms with Crippen LogP contribution in [0.25, 0.3) is 0 Å². The lowest BCUT2D eigenvalue weighted by Gasteiger charge is -2.28. The van der Waals surface area contributed by atoms with Gasteiger partial charge < -0.3 is 10.4 Å². The molecule has 0 unspecified atom stereocenters. The molecule has 1 aromatic rings. The molecular formula is C16H23NO3S. The zero-order valence-corrected chi connectivity index (χ0v) is 13.3. The van der Waals surface area contributed by atoms with Gasteiger partial charge >= 0.3 is 5.97 Å². The Morgan fingerprint density at radius 3 is 2.52 bits per heavy atom. The first kappa shape index (κ1) is 16.0. The lowest BCUT2D eigenvalue weighted by Crippen LogP contribution is -2.42. The van der Waals surface area contributed by atoms with E-state index in [1.54, 1.807) is 0 Å². The highest BCUT2D eigenvalue weighted by Gasteiger charge is 2.39. The average molecular weight is 309 g/mol. The number of aliphatic carboxylic acids is 1. The Kier molecular flexibility index (Phi) is 5.39. The summed E-state index contributed by atoms with van der Waals surface area (Å²) in [6, 6.07) is 1.96. The van der Waals surface area contributed by atoms with Crippen molar-refractivity contribution in [3.05, 3.63) is 21.9 Å². The molecule has 21 heavy (non-hydrogen) atoms. The number of carboxylic acids is 1. The molecular weight excluding hydrogens is 286 g/mol. The van der Waals surface area contributed by atoms with Crippen LogP contribution in [-0.4, -0.2) is 23.5 Å². The molecule has 1 amide bonds. The van der Waals surface area contributed by atoms with Gasteiger partial charge in [0.2, 0.25) is 0 Å². The normalized spacial score (nSPS) is 18.0. The van der Waals surface area contributed by atoms with Crippen LogP contribution in [0.5, 0.6) is 0 Å². The van der Waals surface area contributed by atoms with E-state index in [0.29, 0.717) is 17.7 Å². The maximum atomic E-state index is 12.3. The lowest BCUT2D eigenvalue weighted by atomic mass is 9.80. The standard InChI is InChI=1S/C16H23NO3S/c1-2-12-7-10-21-13(12)14(18)17-11-16(15(19)20)8-5-3-4-6-9-16/h7,10H,2-6,8-9,11H2,1H3,(H,17,18)(H,19,20).